The minimum atomic E-state index is -2.17. The zero-order chi connectivity index (χ0) is 12.1. The zero-order valence-electron chi connectivity index (χ0n) is 7.85. The van der Waals surface area contributed by atoms with Crippen LogP contribution in [0, 0.1) is 0 Å². The number of nitrogens with one attached hydrogen (secondary N) is 1. The van der Waals surface area contributed by atoms with Gasteiger partial charge in [-0.25, -0.2) is 9.59 Å². The maximum Gasteiger partial charge on any atom is 0.363 e. The molecular weight excluding hydrogens is 210 g/mol. The molecule has 6 N–H and O–H groups in total. The predicted molar refractivity (Wildman–Crippen MR) is 44.3 cm³/mol. The third-order valence-corrected chi connectivity index (χ3v) is 1.30. The average molecular weight is 221 g/mol. The smallest absolute Gasteiger partial charge is 0.363 e. The molecule has 0 aromatic carbocycles. The lowest BCUT2D eigenvalue weighted by Crippen LogP contribution is -2.44. The molecule has 86 valence electrons. The van der Waals surface area contributed by atoms with Crippen LogP contribution in [0.15, 0.2) is 0 Å². The molecule has 0 aliphatic carbocycles. The fourth-order valence-corrected chi connectivity index (χ4v) is 0.601. The quantitative estimate of drug-likeness (QED) is 0.389. The minimum Gasteiger partial charge on any atom is -0.378 e. The van der Waals surface area contributed by atoms with E-state index in [4.69, 9.17) is 0 Å². The van der Waals surface area contributed by atoms with E-state index >= 15 is 0 Å². The molecule has 0 aliphatic heterocycles. The van der Waals surface area contributed by atoms with Gasteiger partial charge >= 0.3 is 18.0 Å². The second-order valence-corrected chi connectivity index (χ2v) is 2.80. The molecular formula is C6H11N3O6. The van der Waals surface area contributed by atoms with Crippen molar-refractivity contribution in [1.29, 1.82) is 0 Å². The van der Waals surface area contributed by atoms with Crippen LogP contribution in [-0.4, -0.2) is 28.7 Å². The Morgan fingerprint density at radius 2 is 2.00 bits per heavy atom. The van der Waals surface area contributed by atoms with Gasteiger partial charge in [0.15, 0.2) is 5.60 Å². The van der Waals surface area contributed by atoms with Crippen LogP contribution in [0.5, 0.6) is 0 Å². The molecule has 0 fully saturated rings. The molecule has 9 heteroatoms. The fraction of sp³-hybridized carbons (Fsp3) is 0.500. The van der Waals surface area contributed by atoms with E-state index in [2.05, 4.69) is 21.3 Å². The van der Waals surface area contributed by atoms with Gasteiger partial charge in [0.2, 0.25) is 0 Å². The summed E-state index contributed by atoms with van der Waals surface area (Å²) in [4.78, 5) is 39.6. The Bertz CT molecular complexity index is 276. The first-order valence-electron chi connectivity index (χ1n) is 3.68. The Labute approximate surface area is 84.2 Å². The lowest BCUT2D eigenvalue weighted by atomic mass is 10.0. The van der Waals surface area contributed by atoms with Crippen LogP contribution in [0.25, 0.3) is 0 Å². The number of hydroxylamine groups is 1. The maximum absolute atomic E-state index is 11.0. The van der Waals surface area contributed by atoms with Gasteiger partial charge < -0.3 is 20.5 Å². The number of carbonyl (C=O) groups excluding carboxylic acids is 3. The molecule has 1 atom stereocenters. The van der Waals surface area contributed by atoms with Crippen molar-refractivity contribution >= 4 is 18.0 Å². The second kappa shape index (κ2) is 5.12. The molecule has 2 amide bonds. The van der Waals surface area contributed by atoms with E-state index in [9.17, 15) is 19.5 Å². The van der Waals surface area contributed by atoms with Gasteiger partial charge in [-0.3, -0.25) is 4.79 Å². The van der Waals surface area contributed by atoms with Crippen LogP contribution >= 0.6 is 0 Å². The van der Waals surface area contributed by atoms with Crippen molar-refractivity contribution < 1.29 is 29.2 Å². The predicted octanol–water partition coefficient (Wildman–Crippen LogP) is -2.33. The lowest BCUT2D eigenvalue weighted by molar-refractivity contribution is -0.174. The molecule has 1 unspecified atom stereocenters. The van der Waals surface area contributed by atoms with Crippen LogP contribution in [0.3, 0.4) is 0 Å². The molecule has 0 aromatic rings. The summed E-state index contributed by atoms with van der Waals surface area (Å²) in [6.07, 6.45) is -0.719. The summed E-state index contributed by atoms with van der Waals surface area (Å²) >= 11 is 0. The lowest BCUT2D eigenvalue weighted by Gasteiger charge is -2.18. The van der Waals surface area contributed by atoms with Gasteiger partial charge in [-0.05, 0) is 6.92 Å². The van der Waals surface area contributed by atoms with Gasteiger partial charge in [-0.15, -0.1) is 0 Å². The first-order valence-corrected chi connectivity index (χ1v) is 3.68. The number of aliphatic hydroxyl groups is 1. The molecule has 0 saturated carbocycles. The molecule has 0 rings (SSSR count). The molecule has 0 heterocycles. The van der Waals surface area contributed by atoms with Gasteiger partial charge in [-0.1, -0.05) is 0 Å². The molecule has 0 bridgehead atoms. The molecule has 9 nitrogen and oxygen atoms in total. The summed E-state index contributed by atoms with van der Waals surface area (Å²) in [6, 6.07) is -1.12. The van der Waals surface area contributed by atoms with E-state index in [0.717, 1.165) is 6.92 Å². The number of rotatable bonds is 3. The topological polar surface area (TPSA) is 154 Å². The van der Waals surface area contributed by atoms with Crippen molar-refractivity contribution in [2.75, 3.05) is 0 Å². The van der Waals surface area contributed by atoms with Crippen LogP contribution in [0.2, 0.25) is 0 Å². The molecule has 0 aromatic heterocycles. The highest BCUT2D eigenvalue weighted by molar-refractivity contribution is 5.85. The van der Waals surface area contributed by atoms with E-state index in [1.165, 1.54) is 5.48 Å². The number of nitrogens with two attached hydrogens (primary N) is 2. The summed E-state index contributed by atoms with van der Waals surface area (Å²) in [5.74, 6) is 2.21. The van der Waals surface area contributed by atoms with Gasteiger partial charge in [0.05, 0.1) is 6.42 Å². The molecule has 0 aliphatic rings. The SMILES string of the molecule is CC(O)(CC(=O)ON)C(=O)ONC(N)=O. The fourth-order valence-electron chi connectivity index (χ4n) is 0.601. The van der Waals surface area contributed by atoms with Crippen LogP contribution in [-0.2, 0) is 19.3 Å². The summed E-state index contributed by atoms with van der Waals surface area (Å²) in [5.41, 5.74) is 3.91. The Balaban J connectivity index is 4.25. The number of carbonyl (C=O) groups is 3. The van der Waals surface area contributed by atoms with E-state index < -0.39 is 30.0 Å². The van der Waals surface area contributed by atoms with Crippen molar-refractivity contribution in [2.24, 2.45) is 11.6 Å². The molecule has 0 saturated heterocycles. The average Bonchev–Trinajstić information content (AvgIpc) is 2.13. The van der Waals surface area contributed by atoms with Gasteiger partial charge in [-0.2, -0.15) is 11.4 Å². The number of hydrogen-bond acceptors (Lipinski definition) is 7. The molecule has 0 spiro atoms. The normalized spacial score (nSPS) is 13.5. The number of urea groups is 1. The number of hydrogen-bond donors (Lipinski definition) is 4. The van der Waals surface area contributed by atoms with Gasteiger partial charge in [0.1, 0.15) is 0 Å². The van der Waals surface area contributed by atoms with Crippen molar-refractivity contribution in [3.63, 3.8) is 0 Å². The molecule has 0 radical (unpaired) electrons. The first-order chi connectivity index (χ1) is 6.79. The third-order valence-electron chi connectivity index (χ3n) is 1.30. The summed E-state index contributed by atoms with van der Waals surface area (Å²) in [5, 5.41) is 9.37. The van der Waals surface area contributed by atoms with Gasteiger partial charge in [0.25, 0.3) is 0 Å². The standard InChI is InChI=1S/C6H11N3O6/c1-6(13,2-3(10)14-8)4(11)15-9-5(7)12/h13H,2,8H2,1H3,(H3,7,9,12). The largest absolute Gasteiger partial charge is 0.378 e. The van der Waals surface area contributed by atoms with Gasteiger partial charge in [0, 0.05) is 0 Å². The summed E-state index contributed by atoms with van der Waals surface area (Å²) < 4.78 is 0. The highest BCUT2D eigenvalue weighted by Gasteiger charge is 2.36. The van der Waals surface area contributed by atoms with E-state index in [0.29, 0.717) is 0 Å². The Morgan fingerprint density at radius 3 is 2.40 bits per heavy atom. The monoisotopic (exact) mass is 221 g/mol. The van der Waals surface area contributed by atoms with Crippen molar-refractivity contribution in [3.8, 4) is 0 Å². The van der Waals surface area contributed by atoms with Crippen LogP contribution in [0.1, 0.15) is 13.3 Å². The summed E-state index contributed by atoms with van der Waals surface area (Å²) in [7, 11) is 0. The number of amides is 2. The maximum atomic E-state index is 11.0. The van der Waals surface area contributed by atoms with Crippen molar-refractivity contribution in [3.05, 3.63) is 0 Å². The minimum absolute atomic E-state index is 0.719. The Hall–Kier alpha value is -1.87. The van der Waals surface area contributed by atoms with Crippen LogP contribution < -0.4 is 17.1 Å². The van der Waals surface area contributed by atoms with E-state index in [1.54, 1.807) is 0 Å². The Kier molecular flexibility index (Phi) is 4.48. The first kappa shape index (κ1) is 13.1. The van der Waals surface area contributed by atoms with Crippen molar-refractivity contribution in [1.82, 2.24) is 5.48 Å². The van der Waals surface area contributed by atoms with E-state index in [1.807, 2.05) is 0 Å². The highest BCUT2D eigenvalue weighted by atomic mass is 16.7. The van der Waals surface area contributed by atoms with E-state index in [-0.39, 0.29) is 0 Å². The van der Waals surface area contributed by atoms with Crippen LogP contribution in [0.4, 0.5) is 4.79 Å². The zero-order valence-corrected chi connectivity index (χ0v) is 7.85. The van der Waals surface area contributed by atoms with Crippen molar-refractivity contribution in [2.45, 2.75) is 18.9 Å². The molecule has 15 heavy (non-hydrogen) atoms. The second-order valence-electron chi connectivity index (χ2n) is 2.80. The number of primary amides is 1. The third kappa shape index (κ3) is 4.78. The Morgan fingerprint density at radius 1 is 1.47 bits per heavy atom. The highest BCUT2D eigenvalue weighted by Crippen LogP contribution is 2.11. The summed E-state index contributed by atoms with van der Waals surface area (Å²) in [6.45, 7) is 0.981.